The molecular weight excluding hydrogens is 626 g/mol. The fourth-order valence-corrected chi connectivity index (χ4v) is 8.70. The van der Waals surface area contributed by atoms with Crippen LogP contribution in [0.25, 0.3) is 44.6 Å². The minimum Gasteiger partial charge on any atom is -0.494 e. The molecule has 4 bridgehead atoms. The van der Waals surface area contributed by atoms with Gasteiger partial charge >= 0.3 is 0 Å². The van der Waals surface area contributed by atoms with Crippen LogP contribution in [-0.4, -0.2) is 61.6 Å². The Morgan fingerprint density at radius 3 is 2.64 bits per heavy atom. The Morgan fingerprint density at radius 1 is 0.960 bits per heavy atom. The van der Waals surface area contributed by atoms with E-state index in [1.165, 1.54) is 5.56 Å². The van der Waals surface area contributed by atoms with Gasteiger partial charge in [0.1, 0.15) is 11.3 Å². The van der Waals surface area contributed by atoms with Crippen LogP contribution < -0.4 is 16.2 Å². The standard InChI is InChI=1S/C40H39N7O3/c1-50-35-19-29(40(49)46-22-26-9-10-32(46)36(26)41)17-31-37(35)47-21-23-14-27(16-28(15-23)38(42)48)30-8-3-2-6-24(30)7-4-5-13-45-33(39(47)44-31)18-25-11-12-43-20-34(25)45/h2-3,6,8,11-12,14-20,26,32,36H,4-5,7,9-10,13,21-22,41H2,1H3,(H2,42,48)/t26?,32?,36-/m1/s1. The Hall–Kier alpha value is -5.48. The number of benzene rings is 3. The smallest absolute Gasteiger partial charge is 0.254 e. The predicted molar refractivity (Wildman–Crippen MR) is 193 cm³/mol. The molecule has 3 aliphatic rings. The van der Waals surface area contributed by atoms with Gasteiger partial charge in [-0.05, 0) is 103 Å². The van der Waals surface area contributed by atoms with Crippen molar-refractivity contribution < 1.29 is 14.3 Å². The summed E-state index contributed by atoms with van der Waals surface area (Å²) in [6.45, 7) is 1.85. The zero-order valence-corrected chi connectivity index (χ0v) is 28.0. The maximum atomic E-state index is 14.0. The number of hydrogen-bond donors (Lipinski definition) is 2. The third-order valence-electron chi connectivity index (χ3n) is 11.1. The summed E-state index contributed by atoms with van der Waals surface area (Å²) in [6, 6.07) is 22.3. The summed E-state index contributed by atoms with van der Waals surface area (Å²) in [7, 11) is 1.63. The highest BCUT2D eigenvalue weighted by Crippen LogP contribution is 2.40. The summed E-state index contributed by atoms with van der Waals surface area (Å²) in [5.74, 6) is 1.12. The molecule has 2 unspecified atom stereocenters. The molecule has 50 heavy (non-hydrogen) atoms. The Labute approximate surface area is 289 Å². The van der Waals surface area contributed by atoms with Crippen LogP contribution in [0.3, 0.4) is 0 Å². The zero-order valence-electron chi connectivity index (χ0n) is 28.0. The number of amides is 2. The lowest BCUT2D eigenvalue weighted by atomic mass is 9.93. The minimum absolute atomic E-state index is 0.0239. The van der Waals surface area contributed by atoms with Gasteiger partial charge in [0.2, 0.25) is 5.91 Å². The van der Waals surface area contributed by atoms with Crippen molar-refractivity contribution in [1.29, 1.82) is 0 Å². The van der Waals surface area contributed by atoms with Gasteiger partial charge in [0, 0.05) is 54.4 Å². The van der Waals surface area contributed by atoms with E-state index in [1.807, 2.05) is 53.7 Å². The number of primary amides is 1. The molecule has 1 saturated carbocycles. The molecule has 2 aliphatic heterocycles. The van der Waals surface area contributed by atoms with Gasteiger partial charge in [-0.1, -0.05) is 24.3 Å². The summed E-state index contributed by atoms with van der Waals surface area (Å²) in [6.07, 6.45) is 8.54. The van der Waals surface area contributed by atoms with Crippen molar-refractivity contribution in [1.82, 2.24) is 24.0 Å². The molecule has 0 radical (unpaired) electrons. The van der Waals surface area contributed by atoms with Gasteiger partial charge in [-0.2, -0.15) is 0 Å². The van der Waals surface area contributed by atoms with Crippen LogP contribution in [-0.2, 0) is 19.5 Å². The Morgan fingerprint density at radius 2 is 1.84 bits per heavy atom. The van der Waals surface area contributed by atoms with Crippen LogP contribution in [0.2, 0.25) is 0 Å². The third-order valence-corrected chi connectivity index (χ3v) is 11.1. The van der Waals surface area contributed by atoms with Crippen LogP contribution >= 0.6 is 0 Å². The van der Waals surface area contributed by atoms with E-state index in [0.29, 0.717) is 41.4 Å². The number of aryl methyl sites for hydroxylation is 2. The van der Waals surface area contributed by atoms with Crippen LogP contribution in [0.5, 0.6) is 5.75 Å². The van der Waals surface area contributed by atoms with Gasteiger partial charge in [-0.3, -0.25) is 14.6 Å². The monoisotopic (exact) mass is 665 g/mol. The lowest BCUT2D eigenvalue weighted by Crippen LogP contribution is -2.41. The molecule has 3 atom stereocenters. The maximum absolute atomic E-state index is 14.0. The summed E-state index contributed by atoms with van der Waals surface area (Å²) in [5, 5.41) is 1.07. The number of hydrogen-bond acceptors (Lipinski definition) is 6. The molecule has 3 aromatic carbocycles. The first-order valence-corrected chi connectivity index (χ1v) is 17.5. The number of piperidine rings is 1. The first-order chi connectivity index (χ1) is 24.4. The number of nitrogens with two attached hydrogens (primary N) is 2. The number of pyridine rings is 1. The van der Waals surface area contributed by atoms with Crippen LogP contribution in [0.15, 0.2) is 79.1 Å². The normalized spacial score (nSPS) is 20.0. The lowest BCUT2D eigenvalue weighted by Gasteiger charge is -2.27. The van der Waals surface area contributed by atoms with Gasteiger partial charge < -0.3 is 30.2 Å². The van der Waals surface area contributed by atoms with E-state index in [9.17, 15) is 9.59 Å². The first-order valence-electron chi connectivity index (χ1n) is 17.5. The average Bonchev–Trinajstić information content (AvgIpc) is 3.88. The molecule has 1 saturated heterocycles. The second-order valence-electron chi connectivity index (χ2n) is 14.0. The molecule has 5 heterocycles. The number of carbonyl (C=O) groups excluding carboxylic acids is 2. The highest BCUT2D eigenvalue weighted by molar-refractivity contribution is 6.01. The largest absolute Gasteiger partial charge is 0.494 e. The molecule has 10 nitrogen and oxygen atoms in total. The predicted octanol–water partition coefficient (Wildman–Crippen LogP) is 5.77. The van der Waals surface area contributed by atoms with Crippen molar-refractivity contribution in [2.24, 2.45) is 17.4 Å². The number of imidazole rings is 1. The molecule has 9 rings (SSSR count). The number of ether oxygens (including phenoxy) is 1. The average molecular weight is 666 g/mol. The van der Waals surface area contributed by atoms with Crippen LogP contribution in [0.1, 0.15) is 57.5 Å². The molecule has 10 heteroatoms. The van der Waals surface area contributed by atoms with E-state index in [1.54, 1.807) is 7.11 Å². The molecule has 3 aromatic heterocycles. The molecular formula is C40H39N7O3. The highest BCUT2D eigenvalue weighted by atomic mass is 16.5. The van der Waals surface area contributed by atoms with E-state index < -0.39 is 5.91 Å². The SMILES string of the molecule is COc1cc(C(=O)N2CC3CCC2[C@@H]3N)cc2nc3n(c12)Cc1cc(C(N)=O)cc(c1)-c1ccccc1CCCCn1c-3cc2ccncc21. The quantitative estimate of drug-likeness (QED) is 0.246. The van der Waals surface area contributed by atoms with Crippen molar-refractivity contribution >= 4 is 33.8 Å². The molecule has 2 amide bonds. The molecule has 4 N–H and O–H groups in total. The second kappa shape index (κ2) is 11.8. The number of rotatable bonds is 3. The highest BCUT2D eigenvalue weighted by Gasteiger charge is 2.47. The van der Waals surface area contributed by atoms with Crippen LogP contribution in [0, 0.1) is 5.92 Å². The van der Waals surface area contributed by atoms with Crippen molar-refractivity contribution in [2.45, 2.75) is 57.3 Å². The summed E-state index contributed by atoms with van der Waals surface area (Å²) in [5.41, 5.74) is 21.0. The van der Waals surface area contributed by atoms with Gasteiger partial charge in [0.05, 0.1) is 30.0 Å². The second-order valence-corrected chi connectivity index (χ2v) is 14.0. The first kappa shape index (κ1) is 30.6. The number of aromatic nitrogens is 4. The van der Waals surface area contributed by atoms with Gasteiger partial charge in [-0.25, -0.2) is 4.98 Å². The van der Waals surface area contributed by atoms with E-state index in [2.05, 4.69) is 44.5 Å². The van der Waals surface area contributed by atoms with E-state index in [4.69, 9.17) is 21.2 Å². The van der Waals surface area contributed by atoms with Crippen LogP contribution in [0.4, 0.5) is 0 Å². The molecule has 0 spiro atoms. The number of likely N-dealkylation sites (tertiary alicyclic amines) is 1. The topological polar surface area (TPSA) is 134 Å². The maximum Gasteiger partial charge on any atom is 0.254 e. The van der Waals surface area contributed by atoms with E-state index >= 15 is 0 Å². The van der Waals surface area contributed by atoms with Crippen molar-refractivity contribution in [3.8, 4) is 28.4 Å². The number of methoxy groups -OCH3 is 1. The summed E-state index contributed by atoms with van der Waals surface area (Å²) < 4.78 is 10.5. The number of nitrogens with zero attached hydrogens (tertiary/aromatic N) is 5. The third kappa shape index (κ3) is 4.88. The van der Waals surface area contributed by atoms with Gasteiger partial charge in [-0.15, -0.1) is 0 Å². The molecule has 252 valence electrons. The van der Waals surface area contributed by atoms with Gasteiger partial charge in [0.15, 0.2) is 5.82 Å². The zero-order chi connectivity index (χ0) is 34.1. The lowest BCUT2D eigenvalue weighted by molar-refractivity contribution is 0.0700. The fourth-order valence-electron chi connectivity index (χ4n) is 8.70. The number of fused-ring (bicyclic) bond motifs is 13. The molecule has 6 aromatic rings. The molecule has 2 fully saturated rings. The van der Waals surface area contributed by atoms with Crippen molar-refractivity contribution in [2.75, 3.05) is 13.7 Å². The minimum atomic E-state index is -0.480. The van der Waals surface area contributed by atoms with Crippen molar-refractivity contribution in [3.05, 3.63) is 101 Å². The fraction of sp³-hybridized carbons (Fsp3) is 0.300. The van der Waals surface area contributed by atoms with E-state index in [0.717, 1.165) is 83.3 Å². The number of carbonyl (C=O) groups is 2. The Kier molecular flexibility index (Phi) is 7.24. The van der Waals surface area contributed by atoms with Gasteiger partial charge in [0.25, 0.3) is 5.91 Å². The Bertz CT molecular complexity index is 2340. The summed E-state index contributed by atoms with van der Waals surface area (Å²) >= 11 is 0. The van der Waals surface area contributed by atoms with E-state index in [-0.39, 0.29) is 18.0 Å². The Balaban J connectivity index is 1.28. The summed E-state index contributed by atoms with van der Waals surface area (Å²) in [4.78, 5) is 38.5. The molecule has 1 aliphatic carbocycles. The van der Waals surface area contributed by atoms with Crippen molar-refractivity contribution in [3.63, 3.8) is 0 Å².